The fourth-order valence-corrected chi connectivity index (χ4v) is 2.61. The molecule has 0 aromatic heterocycles. The quantitative estimate of drug-likeness (QED) is 0.452. The van der Waals surface area contributed by atoms with Crippen molar-refractivity contribution < 1.29 is 40.0 Å². The van der Waals surface area contributed by atoms with E-state index in [9.17, 15) is 26.4 Å². The van der Waals surface area contributed by atoms with Crippen molar-refractivity contribution in [1.29, 1.82) is 0 Å². The van der Waals surface area contributed by atoms with E-state index < -0.39 is 27.7 Å². The summed E-state index contributed by atoms with van der Waals surface area (Å²) >= 11 is 0. The van der Waals surface area contributed by atoms with E-state index >= 15 is 0 Å². The largest absolute Gasteiger partial charge is 0.534 e. The highest BCUT2D eigenvalue weighted by molar-refractivity contribution is 7.88. The van der Waals surface area contributed by atoms with Crippen LogP contribution in [-0.2, 0) is 14.9 Å². The van der Waals surface area contributed by atoms with Gasteiger partial charge in [-0.05, 0) is 31.4 Å². The lowest BCUT2D eigenvalue weighted by atomic mass is 10.1. The van der Waals surface area contributed by atoms with E-state index in [0.29, 0.717) is 13.0 Å². The van der Waals surface area contributed by atoms with Gasteiger partial charge in [0.2, 0.25) is 0 Å². The van der Waals surface area contributed by atoms with Gasteiger partial charge in [0.25, 0.3) is 0 Å². The molecule has 1 aliphatic heterocycles. The number of hydrogen-bond donors (Lipinski definition) is 0. The molecular formula is C14H15F3O6S. The molecule has 1 atom stereocenters. The molecule has 0 saturated carbocycles. The molecule has 2 rings (SSSR count). The zero-order chi connectivity index (χ0) is 18.0. The van der Waals surface area contributed by atoms with E-state index in [1.807, 2.05) is 0 Å². The van der Waals surface area contributed by atoms with Gasteiger partial charge in [0, 0.05) is 12.5 Å². The Morgan fingerprint density at radius 3 is 2.54 bits per heavy atom. The molecule has 0 unspecified atom stereocenters. The first-order valence-electron chi connectivity index (χ1n) is 7.03. The molecule has 1 heterocycles. The second-order valence-electron chi connectivity index (χ2n) is 5.17. The predicted octanol–water partition coefficient (Wildman–Crippen LogP) is 2.94. The van der Waals surface area contributed by atoms with Gasteiger partial charge in [0.15, 0.2) is 18.3 Å². The molecule has 6 nitrogen and oxygen atoms in total. The van der Waals surface area contributed by atoms with Crippen molar-refractivity contribution in [3.8, 4) is 11.5 Å². The molecule has 134 valence electrons. The summed E-state index contributed by atoms with van der Waals surface area (Å²) in [5, 5.41) is 0. The van der Waals surface area contributed by atoms with Gasteiger partial charge in [-0.25, -0.2) is 0 Å². The second-order valence-corrected chi connectivity index (χ2v) is 6.70. The molecule has 0 bridgehead atoms. The fraction of sp³-hybridized carbons (Fsp3) is 0.500. The van der Waals surface area contributed by atoms with Gasteiger partial charge in [-0.3, -0.25) is 4.79 Å². The average Bonchev–Trinajstić information content (AvgIpc) is 2.46. The predicted molar refractivity (Wildman–Crippen MR) is 76.4 cm³/mol. The van der Waals surface area contributed by atoms with Crippen LogP contribution < -0.4 is 8.92 Å². The highest BCUT2D eigenvalue weighted by atomic mass is 32.2. The van der Waals surface area contributed by atoms with E-state index in [1.165, 1.54) is 13.0 Å². The minimum absolute atomic E-state index is 0.0531. The summed E-state index contributed by atoms with van der Waals surface area (Å²) in [6.07, 6.45) is 1.96. The van der Waals surface area contributed by atoms with Crippen LogP contribution in [0.4, 0.5) is 13.2 Å². The SMILES string of the molecule is Cc1cc(O[C@@H]2CCCCO2)cc(OS(=O)(=O)C(F)(F)F)c1C=O. The minimum atomic E-state index is -5.90. The number of hydrogen-bond acceptors (Lipinski definition) is 6. The highest BCUT2D eigenvalue weighted by Crippen LogP contribution is 2.33. The normalized spacial score (nSPS) is 18.9. The first-order chi connectivity index (χ1) is 11.1. The van der Waals surface area contributed by atoms with Gasteiger partial charge in [-0.1, -0.05) is 0 Å². The molecule has 0 radical (unpaired) electrons. The van der Waals surface area contributed by atoms with Gasteiger partial charge in [0.05, 0.1) is 12.2 Å². The van der Waals surface area contributed by atoms with Gasteiger partial charge in [0.1, 0.15) is 5.75 Å². The number of alkyl halides is 3. The molecule has 10 heteroatoms. The van der Waals surface area contributed by atoms with Crippen LogP contribution in [0.5, 0.6) is 11.5 Å². The van der Waals surface area contributed by atoms with Crippen LogP contribution in [-0.4, -0.2) is 33.1 Å². The Morgan fingerprint density at radius 1 is 1.29 bits per heavy atom. The van der Waals surface area contributed by atoms with Crippen molar-refractivity contribution in [2.45, 2.75) is 38.0 Å². The topological polar surface area (TPSA) is 78.9 Å². The Labute approximate surface area is 136 Å². The maximum atomic E-state index is 12.5. The molecule has 1 fully saturated rings. The van der Waals surface area contributed by atoms with Crippen LogP contribution in [0.15, 0.2) is 12.1 Å². The van der Waals surface area contributed by atoms with Crippen molar-refractivity contribution >= 4 is 16.4 Å². The van der Waals surface area contributed by atoms with Gasteiger partial charge in [-0.2, -0.15) is 21.6 Å². The van der Waals surface area contributed by atoms with Crippen LogP contribution in [0.1, 0.15) is 35.2 Å². The summed E-state index contributed by atoms with van der Waals surface area (Å²) in [7, 11) is -5.90. The van der Waals surface area contributed by atoms with Crippen molar-refractivity contribution in [1.82, 2.24) is 0 Å². The van der Waals surface area contributed by atoms with E-state index in [2.05, 4.69) is 4.18 Å². The Hall–Kier alpha value is -1.81. The first kappa shape index (κ1) is 18.5. The smallest absolute Gasteiger partial charge is 0.465 e. The van der Waals surface area contributed by atoms with E-state index in [0.717, 1.165) is 18.9 Å². The van der Waals surface area contributed by atoms with E-state index in [4.69, 9.17) is 9.47 Å². The zero-order valence-corrected chi connectivity index (χ0v) is 13.4. The van der Waals surface area contributed by atoms with E-state index in [-0.39, 0.29) is 23.2 Å². The van der Waals surface area contributed by atoms with Crippen LogP contribution in [0.2, 0.25) is 0 Å². The molecule has 1 aliphatic rings. The molecule has 1 aromatic rings. The average molecular weight is 368 g/mol. The summed E-state index contributed by atoms with van der Waals surface area (Å²) in [6.45, 7) is 1.91. The van der Waals surface area contributed by atoms with Crippen molar-refractivity contribution in [3.63, 3.8) is 0 Å². The Bertz CT molecular complexity index is 708. The number of carbonyl (C=O) groups excluding carboxylic acids is 1. The van der Waals surface area contributed by atoms with Crippen molar-refractivity contribution in [2.75, 3.05) is 6.61 Å². The van der Waals surface area contributed by atoms with Gasteiger partial charge in [-0.15, -0.1) is 0 Å². The Kier molecular flexibility index (Phi) is 5.38. The first-order valence-corrected chi connectivity index (χ1v) is 8.43. The van der Waals surface area contributed by atoms with Crippen LogP contribution in [0.3, 0.4) is 0 Å². The third-order valence-electron chi connectivity index (χ3n) is 3.33. The lowest BCUT2D eigenvalue weighted by molar-refractivity contribution is -0.105. The molecule has 24 heavy (non-hydrogen) atoms. The maximum Gasteiger partial charge on any atom is 0.534 e. The van der Waals surface area contributed by atoms with Gasteiger partial charge < -0.3 is 13.7 Å². The number of halogens is 3. The Morgan fingerprint density at radius 2 is 2.00 bits per heavy atom. The molecule has 0 aliphatic carbocycles. The van der Waals surface area contributed by atoms with E-state index in [1.54, 1.807) is 0 Å². The third kappa shape index (κ3) is 4.18. The van der Waals surface area contributed by atoms with Crippen LogP contribution >= 0.6 is 0 Å². The molecule has 1 aromatic carbocycles. The number of ether oxygens (including phenoxy) is 2. The fourth-order valence-electron chi connectivity index (χ4n) is 2.14. The number of aldehydes is 1. The number of benzene rings is 1. The number of rotatable bonds is 5. The Balaban J connectivity index is 2.33. The van der Waals surface area contributed by atoms with Gasteiger partial charge >= 0.3 is 15.6 Å². The maximum absolute atomic E-state index is 12.5. The molecule has 0 N–H and O–H groups in total. The minimum Gasteiger partial charge on any atom is -0.465 e. The lowest BCUT2D eigenvalue weighted by Gasteiger charge is -2.24. The zero-order valence-electron chi connectivity index (χ0n) is 12.6. The molecular weight excluding hydrogens is 353 g/mol. The number of carbonyl (C=O) groups is 1. The highest BCUT2D eigenvalue weighted by Gasteiger charge is 2.49. The summed E-state index contributed by atoms with van der Waals surface area (Å²) in [5.41, 5.74) is -5.70. The lowest BCUT2D eigenvalue weighted by Crippen LogP contribution is -2.28. The number of aryl methyl sites for hydroxylation is 1. The summed E-state index contributed by atoms with van der Waals surface area (Å²) in [5.74, 6) is -0.689. The van der Waals surface area contributed by atoms with Crippen LogP contribution in [0, 0.1) is 6.92 Å². The van der Waals surface area contributed by atoms with Crippen molar-refractivity contribution in [3.05, 3.63) is 23.3 Å². The second kappa shape index (κ2) is 6.98. The summed E-state index contributed by atoms with van der Waals surface area (Å²) in [6, 6.07) is 2.33. The summed E-state index contributed by atoms with van der Waals surface area (Å²) in [4.78, 5) is 11.1. The molecule has 0 amide bonds. The standard InChI is InChI=1S/C14H15F3O6S/c1-9-6-10(22-13-4-2-3-5-21-13)7-12(11(9)8-18)23-24(19,20)14(15,16)17/h6-8,13H,2-5H2,1H3/t13-/m1/s1. The third-order valence-corrected chi connectivity index (χ3v) is 4.29. The summed E-state index contributed by atoms with van der Waals surface area (Å²) < 4.78 is 74.7. The van der Waals surface area contributed by atoms with Crippen LogP contribution in [0.25, 0.3) is 0 Å². The molecule has 1 saturated heterocycles. The monoisotopic (exact) mass is 368 g/mol. The molecule has 0 spiro atoms. The van der Waals surface area contributed by atoms with Crippen molar-refractivity contribution in [2.24, 2.45) is 0 Å².